The van der Waals surface area contributed by atoms with Crippen molar-refractivity contribution in [2.24, 2.45) is 5.73 Å². The summed E-state index contributed by atoms with van der Waals surface area (Å²) in [7, 11) is 0. The van der Waals surface area contributed by atoms with Gasteiger partial charge in [-0.05, 0) is 61.4 Å². The molecular formula is C21H23N5O. The molecule has 1 fully saturated rings. The lowest BCUT2D eigenvalue weighted by Gasteiger charge is -2.10. The Hall–Kier alpha value is -3.14. The van der Waals surface area contributed by atoms with Crippen molar-refractivity contribution in [3.63, 3.8) is 0 Å². The summed E-state index contributed by atoms with van der Waals surface area (Å²) in [5, 5.41) is 10.6. The van der Waals surface area contributed by atoms with E-state index < -0.39 is 0 Å². The van der Waals surface area contributed by atoms with Crippen molar-refractivity contribution in [2.75, 3.05) is 18.4 Å². The molecule has 27 heavy (non-hydrogen) atoms. The Balaban J connectivity index is 1.59. The van der Waals surface area contributed by atoms with Crippen LogP contribution in [-0.2, 0) is 0 Å². The van der Waals surface area contributed by atoms with Crippen LogP contribution in [0, 0.1) is 24.2 Å². The molecule has 1 heterocycles. The maximum Gasteiger partial charge on any atom is 0.181 e. The number of rotatable bonds is 5. The van der Waals surface area contributed by atoms with Crippen molar-refractivity contribution in [1.29, 1.82) is 5.41 Å². The van der Waals surface area contributed by atoms with Crippen LogP contribution in [0.2, 0.25) is 0 Å². The number of nitrogens with one attached hydrogen (secondary N) is 4. The fourth-order valence-corrected chi connectivity index (χ4v) is 2.95. The second-order valence-electron chi connectivity index (χ2n) is 6.45. The van der Waals surface area contributed by atoms with E-state index in [2.05, 4.69) is 28.0 Å². The summed E-state index contributed by atoms with van der Waals surface area (Å²) >= 11 is 0. The molecule has 0 spiro atoms. The van der Waals surface area contributed by atoms with E-state index in [1.807, 2.05) is 37.3 Å². The first kappa shape index (κ1) is 18.6. The molecule has 0 amide bonds. The van der Waals surface area contributed by atoms with Crippen LogP contribution in [0.5, 0.6) is 0 Å². The summed E-state index contributed by atoms with van der Waals surface area (Å²) in [5.74, 6) is 6.37. The fraction of sp³-hybridized carbons (Fsp3) is 0.238. The zero-order valence-electron chi connectivity index (χ0n) is 15.2. The van der Waals surface area contributed by atoms with E-state index in [0.717, 1.165) is 35.3 Å². The molecule has 6 nitrogen and oxygen atoms in total. The number of hydrogen-bond acceptors (Lipinski definition) is 5. The van der Waals surface area contributed by atoms with E-state index in [-0.39, 0.29) is 17.7 Å². The highest BCUT2D eigenvalue weighted by atomic mass is 16.1. The largest absolute Gasteiger partial charge is 0.384 e. The third-order valence-electron chi connectivity index (χ3n) is 4.45. The first-order valence-electron chi connectivity index (χ1n) is 8.85. The Labute approximate surface area is 159 Å². The van der Waals surface area contributed by atoms with Crippen LogP contribution in [0.4, 0.5) is 5.69 Å². The Morgan fingerprint density at radius 3 is 2.70 bits per heavy atom. The summed E-state index contributed by atoms with van der Waals surface area (Å²) in [5.41, 5.74) is 15.6. The van der Waals surface area contributed by atoms with Gasteiger partial charge in [0, 0.05) is 28.9 Å². The average molecular weight is 361 g/mol. The van der Waals surface area contributed by atoms with E-state index in [9.17, 15) is 4.79 Å². The van der Waals surface area contributed by atoms with Gasteiger partial charge in [-0.3, -0.25) is 15.6 Å². The van der Waals surface area contributed by atoms with Crippen LogP contribution in [0.1, 0.15) is 33.5 Å². The molecule has 6 N–H and O–H groups in total. The Morgan fingerprint density at radius 2 is 2.07 bits per heavy atom. The Morgan fingerprint density at radius 1 is 1.30 bits per heavy atom. The number of nitrogens with two attached hydrogens (primary N) is 1. The van der Waals surface area contributed by atoms with Gasteiger partial charge in [-0.25, -0.2) is 5.43 Å². The number of benzene rings is 2. The monoisotopic (exact) mass is 361 g/mol. The van der Waals surface area contributed by atoms with Crippen molar-refractivity contribution in [1.82, 2.24) is 10.9 Å². The quantitative estimate of drug-likeness (QED) is 0.242. The molecule has 1 aliphatic heterocycles. The molecule has 3 rings (SSSR count). The van der Waals surface area contributed by atoms with Crippen LogP contribution < -0.4 is 21.9 Å². The van der Waals surface area contributed by atoms with Gasteiger partial charge in [0.2, 0.25) is 0 Å². The van der Waals surface area contributed by atoms with Crippen molar-refractivity contribution < 1.29 is 4.79 Å². The van der Waals surface area contributed by atoms with E-state index in [1.165, 1.54) is 0 Å². The minimum absolute atomic E-state index is 0.0543. The van der Waals surface area contributed by atoms with Crippen LogP contribution in [0.15, 0.2) is 42.5 Å². The molecule has 0 radical (unpaired) electrons. The van der Waals surface area contributed by atoms with Gasteiger partial charge < -0.3 is 11.1 Å². The zero-order chi connectivity index (χ0) is 19.2. The molecule has 1 atom stereocenters. The predicted octanol–water partition coefficient (Wildman–Crippen LogP) is 1.79. The maximum atomic E-state index is 12.5. The topological polar surface area (TPSA) is 103 Å². The number of amidine groups is 1. The SMILES string of the molecule is Cc1cc(C#CCNc2ccc(C(=N)N)cc2)ccc1C(=O)C1CCNN1. The second kappa shape index (κ2) is 8.49. The molecule has 2 aromatic rings. The molecule has 0 aliphatic carbocycles. The van der Waals surface area contributed by atoms with Crippen molar-refractivity contribution in [3.8, 4) is 11.8 Å². The lowest BCUT2D eigenvalue weighted by Crippen LogP contribution is -2.36. The summed E-state index contributed by atoms with van der Waals surface area (Å²) in [6.45, 7) is 3.25. The third kappa shape index (κ3) is 4.73. The van der Waals surface area contributed by atoms with Gasteiger partial charge in [-0.15, -0.1) is 0 Å². The number of hydrogen-bond donors (Lipinski definition) is 5. The van der Waals surface area contributed by atoms with E-state index in [1.54, 1.807) is 12.1 Å². The molecule has 1 unspecified atom stereocenters. The number of nitrogen functional groups attached to an aromatic ring is 1. The molecule has 6 heteroatoms. The van der Waals surface area contributed by atoms with Crippen molar-refractivity contribution in [3.05, 3.63) is 64.7 Å². The van der Waals surface area contributed by atoms with Crippen LogP contribution in [-0.4, -0.2) is 30.8 Å². The van der Waals surface area contributed by atoms with Crippen LogP contribution in [0.25, 0.3) is 0 Å². The molecule has 0 bridgehead atoms. The Kier molecular flexibility index (Phi) is 5.87. The van der Waals surface area contributed by atoms with Crippen molar-refractivity contribution in [2.45, 2.75) is 19.4 Å². The summed E-state index contributed by atoms with van der Waals surface area (Å²) in [6.07, 6.45) is 0.804. The number of ketones is 1. The summed E-state index contributed by atoms with van der Waals surface area (Å²) in [4.78, 5) is 12.5. The highest BCUT2D eigenvalue weighted by Gasteiger charge is 2.24. The Bertz CT molecular complexity index is 902. The minimum atomic E-state index is -0.153. The van der Waals surface area contributed by atoms with Gasteiger partial charge in [0.25, 0.3) is 0 Å². The third-order valence-corrected chi connectivity index (χ3v) is 4.45. The van der Waals surface area contributed by atoms with Crippen LogP contribution >= 0.6 is 0 Å². The van der Waals surface area contributed by atoms with Gasteiger partial charge in [-0.2, -0.15) is 0 Å². The molecular weight excluding hydrogens is 338 g/mol. The average Bonchev–Trinajstić information content (AvgIpc) is 3.20. The number of anilines is 1. The smallest absolute Gasteiger partial charge is 0.181 e. The lowest BCUT2D eigenvalue weighted by atomic mass is 9.97. The van der Waals surface area contributed by atoms with Gasteiger partial charge in [0.05, 0.1) is 12.6 Å². The molecule has 0 aromatic heterocycles. The summed E-state index contributed by atoms with van der Waals surface area (Å²) in [6, 6.07) is 12.9. The number of hydrazine groups is 1. The number of carbonyl (C=O) groups is 1. The number of aryl methyl sites for hydroxylation is 1. The molecule has 1 aliphatic rings. The van der Waals surface area contributed by atoms with E-state index >= 15 is 0 Å². The standard InChI is InChI=1S/C21H23N5O/c1-14-13-15(4-9-18(14)20(27)19-10-12-25-26-19)3-2-11-24-17-7-5-16(6-8-17)21(22)23/h4-9,13,19,24-26H,10-12H2,1H3,(H3,22,23). The van der Waals surface area contributed by atoms with Crippen LogP contribution in [0.3, 0.4) is 0 Å². The van der Waals surface area contributed by atoms with Gasteiger partial charge in [-0.1, -0.05) is 11.8 Å². The predicted molar refractivity (Wildman–Crippen MR) is 108 cm³/mol. The first-order valence-corrected chi connectivity index (χ1v) is 8.85. The highest BCUT2D eigenvalue weighted by molar-refractivity contribution is 6.01. The highest BCUT2D eigenvalue weighted by Crippen LogP contribution is 2.15. The van der Waals surface area contributed by atoms with Crippen molar-refractivity contribution >= 4 is 17.3 Å². The maximum absolute atomic E-state index is 12.5. The molecule has 138 valence electrons. The fourth-order valence-electron chi connectivity index (χ4n) is 2.95. The molecule has 0 saturated carbocycles. The first-order chi connectivity index (χ1) is 13.0. The summed E-state index contributed by atoms with van der Waals surface area (Å²) < 4.78 is 0. The van der Waals surface area contributed by atoms with Gasteiger partial charge >= 0.3 is 0 Å². The van der Waals surface area contributed by atoms with Gasteiger partial charge in [0.15, 0.2) is 5.78 Å². The van der Waals surface area contributed by atoms with E-state index in [4.69, 9.17) is 11.1 Å². The normalized spacial score (nSPS) is 15.7. The molecule has 1 saturated heterocycles. The zero-order valence-corrected chi connectivity index (χ0v) is 15.2. The minimum Gasteiger partial charge on any atom is -0.384 e. The lowest BCUT2D eigenvalue weighted by molar-refractivity contribution is 0.0949. The van der Waals surface area contributed by atoms with Gasteiger partial charge in [0.1, 0.15) is 5.84 Å². The second-order valence-corrected chi connectivity index (χ2v) is 6.45. The van der Waals surface area contributed by atoms with E-state index in [0.29, 0.717) is 12.1 Å². The molecule has 2 aromatic carbocycles. The number of carbonyl (C=O) groups excluding carboxylic acids is 1. The number of Topliss-reactive ketones (excluding diaryl/α,β-unsaturated/α-hetero) is 1.